The first kappa shape index (κ1) is 17.5. The van der Waals surface area contributed by atoms with Crippen LogP contribution in [0.5, 0.6) is 0 Å². The zero-order chi connectivity index (χ0) is 19.1. The van der Waals surface area contributed by atoms with Gasteiger partial charge in [-0.3, -0.25) is 10.1 Å². The third-order valence-corrected chi connectivity index (χ3v) is 5.06. The number of aromatic nitrogens is 4. The fourth-order valence-corrected chi connectivity index (χ4v) is 3.82. The fourth-order valence-electron chi connectivity index (χ4n) is 3.44. The van der Waals surface area contributed by atoms with Gasteiger partial charge in [0.05, 0.1) is 15.6 Å². The lowest BCUT2D eigenvalue weighted by Crippen LogP contribution is -2.47. The molecule has 1 aromatic carbocycles. The zero-order valence-corrected chi connectivity index (χ0v) is 15.7. The SMILES string of the molecule is Cc1cc([N+](=O)[O-])cc(Cl)c1N1CCN(c2ccc3nnc(C)n3n2)CC1. The number of nitro benzene ring substituents is 1. The van der Waals surface area contributed by atoms with E-state index in [1.807, 2.05) is 26.0 Å². The molecule has 2 aromatic heterocycles. The third-order valence-electron chi connectivity index (χ3n) is 4.77. The maximum absolute atomic E-state index is 11.0. The highest BCUT2D eigenvalue weighted by Gasteiger charge is 2.23. The minimum Gasteiger partial charge on any atom is -0.367 e. The van der Waals surface area contributed by atoms with E-state index in [4.69, 9.17) is 11.6 Å². The van der Waals surface area contributed by atoms with Crippen LogP contribution in [0.4, 0.5) is 17.2 Å². The zero-order valence-electron chi connectivity index (χ0n) is 15.0. The monoisotopic (exact) mass is 387 g/mol. The number of non-ortho nitro benzene ring substituents is 1. The molecule has 0 spiro atoms. The number of piperazine rings is 1. The Labute approximate surface area is 160 Å². The van der Waals surface area contributed by atoms with Crippen LogP contribution in [0.3, 0.4) is 0 Å². The number of nitrogens with zero attached hydrogens (tertiary/aromatic N) is 7. The van der Waals surface area contributed by atoms with Gasteiger partial charge in [0, 0.05) is 38.3 Å². The first-order valence-electron chi connectivity index (χ1n) is 8.57. The molecule has 3 aromatic rings. The second kappa shape index (κ2) is 6.66. The van der Waals surface area contributed by atoms with Gasteiger partial charge in [0.1, 0.15) is 5.82 Å². The second-order valence-corrected chi connectivity index (χ2v) is 6.94. The van der Waals surface area contributed by atoms with Crippen molar-refractivity contribution in [3.05, 3.63) is 50.8 Å². The molecule has 4 rings (SSSR count). The Hall–Kier alpha value is -2.94. The number of anilines is 2. The lowest BCUT2D eigenvalue weighted by Gasteiger charge is -2.37. The molecule has 0 N–H and O–H groups in total. The van der Waals surface area contributed by atoms with E-state index in [2.05, 4.69) is 25.1 Å². The molecule has 0 saturated carbocycles. The number of halogens is 1. The summed E-state index contributed by atoms with van der Waals surface area (Å²) in [5.41, 5.74) is 2.41. The molecule has 3 heterocycles. The summed E-state index contributed by atoms with van der Waals surface area (Å²) < 4.78 is 1.74. The Morgan fingerprint density at radius 3 is 2.44 bits per heavy atom. The molecular formula is C17H18ClN7O2. The first-order valence-corrected chi connectivity index (χ1v) is 8.95. The lowest BCUT2D eigenvalue weighted by atomic mass is 10.1. The van der Waals surface area contributed by atoms with Gasteiger partial charge in [-0.15, -0.1) is 15.3 Å². The van der Waals surface area contributed by atoms with Crippen LogP contribution in [0, 0.1) is 24.0 Å². The predicted molar refractivity (Wildman–Crippen MR) is 103 cm³/mol. The Kier molecular flexibility index (Phi) is 4.31. The molecule has 1 fully saturated rings. The summed E-state index contributed by atoms with van der Waals surface area (Å²) in [6.07, 6.45) is 0. The van der Waals surface area contributed by atoms with E-state index < -0.39 is 4.92 Å². The summed E-state index contributed by atoms with van der Waals surface area (Å²) in [6, 6.07) is 6.84. The van der Waals surface area contributed by atoms with Crippen molar-refractivity contribution in [2.24, 2.45) is 0 Å². The number of hydrogen-bond donors (Lipinski definition) is 0. The van der Waals surface area contributed by atoms with Crippen molar-refractivity contribution in [3.63, 3.8) is 0 Å². The quantitative estimate of drug-likeness (QED) is 0.503. The Morgan fingerprint density at radius 1 is 1.07 bits per heavy atom. The molecule has 9 nitrogen and oxygen atoms in total. The third kappa shape index (κ3) is 3.14. The minimum atomic E-state index is -0.421. The van der Waals surface area contributed by atoms with Gasteiger partial charge in [0.25, 0.3) is 5.69 Å². The standard InChI is InChI=1S/C17H18ClN7O2/c1-11-9-13(25(26)27)10-14(18)17(11)23-7-5-22(6-8-23)16-4-3-15-20-19-12(2)24(15)21-16/h3-4,9-10H,5-8H2,1-2H3. The summed E-state index contributed by atoms with van der Waals surface area (Å²) in [4.78, 5) is 14.9. The summed E-state index contributed by atoms with van der Waals surface area (Å²) in [5.74, 6) is 1.62. The number of rotatable bonds is 3. The Balaban J connectivity index is 1.53. The van der Waals surface area contributed by atoms with Gasteiger partial charge in [0.2, 0.25) is 0 Å². The van der Waals surface area contributed by atoms with Crippen molar-refractivity contribution in [1.29, 1.82) is 0 Å². The van der Waals surface area contributed by atoms with E-state index in [-0.39, 0.29) is 5.69 Å². The fraction of sp³-hybridized carbons (Fsp3) is 0.353. The van der Waals surface area contributed by atoms with E-state index in [9.17, 15) is 10.1 Å². The molecule has 0 bridgehead atoms. The largest absolute Gasteiger partial charge is 0.367 e. The molecule has 0 atom stereocenters. The molecule has 1 aliphatic rings. The van der Waals surface area contributed by atoms with Gasteiger partial charge in [-0.2, -0.15) is 4.52 Å². The molecular weight excluding hydrogens is 370 g/mol. The van der Waals surface area contributed by atoms with E-state index >= 15 is 0 Å². The van der Waals surface area contributed by atoms with Crippen molar-refractivity contribution in [2.45, 2.75) is 13.8 Å². The van der Waals surface area contributed by atoms with Crippen LogP contribution in [-0.4, -0.2) is 50.9 Å². The van der Waals surface area contributed by atoms with Gasteiger partial charge in [-0.1, -0.05) is 11.6 Å². The number of nitro groups is 1. The van der Waals surface area contributed by atoms with Gasteiger partial charge in [0.15, 0.2) is 11.5 Å². The van der Waals surface area contributed by atoms with Crippen LogP contribution in [0.25, 0.3) is 5.65 Å². The lowest BCUT2D eigenvalue weighted by molar-refractivity contribution is -0.384. The van der Waals surface area contributed by atoms with E-state index in [1.165, 1.54) is 6.07 Å². The van der Waals surface area contributed by atoms with Crippen LogP contribution in [0.15, 0.2) is 24.3 Å². The maximum Gasteiger partial charge on any atom is 0.271 e. The second-order valence-electron chi connectivity index (χ2n) is 6.53. The molecule has 10 heteroatoms. The minimum absolute atomic E-state index is 0.0155. The van der Waals surface area contributed by atoms with E-state index in [1.54, 1.807) is 10.6 Å². The number of aryl methyl sites for hydroxylation is 2. The summed E-state index contributed by atoms with van der Waals surface area (Å²) in [6.45, 7) is 6.76. The van der Waals surface area contributed by atoms with Crippen LogP contribution >= 0.6 is 11.6 Å². The predicted octanol–water partition coefficient (Wildman–Crippen LogP) is 2.63. The highest BCUT2D eigenvalue weighted by atomic mass is 35.5. The summed E-state index contributed by atoms with van der Waals surface area (Å²) in [7, 11) is 0. The van der Waals surface area contributed by atoms with E-state index in [0.717, 1.165) is 54.7 Å². The summed E-state index contributed by atoms with van der Waals surface area (Å²) in [5, 5.41) is 24.1. The molecule has 27 heavy (non-hydrogen) atoms. The molecule has 0 unspecified atom stereocenters. The molecule has 0 amide bonds. The number of benzene rings is 1. The van der Waals surface area contributed by atoms with Gasteiger partial charge in [-0.25, -0.2) is 0 Å². The van der Waals surface area contributed by atoms with Crippen LogP contribution in [-0.2, 0) is 0 Å². The van der Waals surface area contributed by atoms with Gasteiger partial charge in [-0.05, 0) is 31.5 Å². The maximum atomic E-state index is 11.0. The topological polar surface area (TPSA) is 92.7 Å². The van der Waals surface area contributed by atoms with Gasteiger partial charge >= 0.3 is 0 Å². The Morgan fingerprint density at radius 2 is 1.78 bits per heavy atom. The molecule has 1 saturated heterocycles. The average Bonchev–Trinajstić information content (AvgIpc) is 3.02. The molecule has 0 radical (unpaired) electrons. The molecule has 0 aliphatic carbocycles. The number of hydrogen-bond acceptors (Lipinski definition) is 7. The Bertz CT molecular complexity index is 1000. The van der Waals surface area contributed by atoms with Crippen molar-refractivity contribution < 1.29 is 4.92 Å². The van der Waals surface area contributed by atoms with Gasteiger partial charge < -0.3 is 9.80 Å². The van der Waals surface area contributed by atoms with Crippen molar-refractivity contribution in [1.82, 2.24) is 19.8 Å². The average molecular weight is 388 g/mol. The van der Waals surface area contributed by atoms with Crippen molar-refractivity contribution in [2.75, 3.05) is 36.0 Å². The van der Waals surface area contributed by atoms with Crippen LogP contribution in [0.1, 0.15) is 11.4 Å². The smallest absolute Gasteiger partial charge is 0.271 e. The van der Waals surface area contributed by atoms with Crippen molar-refractivity contribution in [3.8, 4) is 0 Å². The normalized spacial score (nSPS) is 14.8. The highest BCUT2D eigenvalue weighted by Crippen LogP contribution is 2.34. The highest BCUT2D eigenvalue weighted by molar-refractivity contribution is 6.33. The summed E-state index contributed by atoms with van der Waals surface area (Å²) >= 11 is 6.35. The van der Waals surface area contributed by atoms with E-state index in [0.29, 0.717) is 5.02 Å². The first-order chi connectivity index (χ1) is 12.9. The van der Waals surface area contributed by atoms with Crippen LogP contribution < -0.4 is 9.80 Å². The molecule has 1 aliphatic heterocycles. The van der Waals surface area contributed by atoms with Crippen molar-refractivity contribution >= 4 is 34.4 Å². The van der Waals surface area contributed by atoms with Crippen LogP contribution in [0.2, 0.25) is 5.02 Å². The number of fused-ring (bicyclic) bond motifs is 1. The molecule has 140 valence electrons.